The van der Waals surface area contributed by atoms with Crippen LogP contribution in [0.25, 0.3) is 33.3 Å². The number of methoxy groups -OCH3 is 1. The average molecular weight is 612 g/mol. The van der Waals surface area contributed by atoms with Gasteiger partial charge in [0.1, 0.15) is 11.5 Å². The molecule has 1 atom stereocenters. The fraction of sp³-hybridized carbons (Fsp3) is 0.229. The largest absolute Gasteiger partial charge is 0.497 e. The highest BCUT2D eigenvalue weighted by Crippen LogP contribution is 2.35. The minimum absolute atomic E-state index is 0.0684. The number of carboxylic acids is 1. The topological polar surface area (TPSA) is 103 Å². The molecule has 0 unspecified atom stereocenters. The number of carbonyl (C=O) groups excluding carboxylic acids is 1. The van der Waals surface area contributed by atoms with E-state index >= 15 is 0 Å². The van der Waals surface area contributed by atoms with E-state index < -0.39 is 5.97 Å². The lowest BCUT2D eigenvalue weighted by Crippen LogP contribution is -2.26. The lowest BCUT2D eigenvalue weighted by atomic mass is 10.0. The average Bonchev–Trinajstić information content (AvgIpc) is 3.48. The van der Waals surface area contributed by atoms with Gasteiger partial charge in [0.2, 0.25) is 0 Å². The molecule has 1 heterocycles. The van der Waals surface area contributed by atoms with E-state index in [0.29, 0.717) is 22.9 Å². The molecule has 0 aliphatic carbocycles. The number of benzene rings is 4. The predicted octanol–water partition coefficient (Wildman–Crippen LogP) is 7.63. The second-order valence-electron chi connectivity index (χ2n) is 10.5. The van der Waals surface area contributed by atoms with E-state index in [1.807, 2.05) is 47.1 Å². The number of hydrogen-bond acceptors (Lipinski definition) is 5. The minimum Gasteiger partial charge on any atom is -0.497 e. The van der Waals surface area contributed by atoms with Crippen LogP contribution in [-0.2, 0) is 4.79 Å². The van der Waals surface area contributed by atoms with Crippen molar-refractivity contribution < 1.29 is 24.2 Å². The van der Waals surface area contributed by atoms with Crippen molar-refractivity contribution in [3.63, 3.8) is 0 Å². The normalized spacial score (nSPS) is 11.7. The molecule has 1 aromatic heterocycles. The second kappa shape index (κ2) is 13.7. The summed E-state index contributed by atoms with van der Waals surface area (Å²) in [4.78, 5) is 23.3. The lowest BCUT2D eigenvalue weighted by Gasteiger charge is -2.17. The van der Waals surface area contributed by atoms with Gasteiger partial charge in [-0.1, -0.05) is 48.9 Å². The number of amides is 1. The summed E-state index contributed by atoms with van der Waals surface area (Å²) >= 11 is 6.49. The molecular formula is C35H34ClN3O5. The van der Waals surface area contributed by atoms with Crippen molar-refractivity contribution in [3.05, 3.63) is 101 Å². The monoisotopic (exact) mass is 611 g/mol. The molecule has 0 fully saturated rings. The van der Waals surface area contributed by atoms with Crippen molar-refractivity contribution in [2.45, 2.75) is 32.7 Å². The molecule has 0 saturated heterocycles. The summed E-state index contributed by atoms with van der Waals surface area (Å²) in [5.41, 5.74) is 4.90. The second-order valence-corrected chi connectivity index (χ2v) is 10.9. The quantitative estimate of drug-likeness (QED) is 0.150. The van der Waals surface area contributed by atoms with E-state index in [0.717, 1.165) is 51.0 Å². The van der Waals surface area contributed by atoms with E-state index in [2.05, 4.69) is 43.4 Å². The van der Waals surface area contributed by atoms with Crippen LogP contribution in [0.15, 0.2) is 84.9 Å². The molecule has 8 nitrogen and oxygen atoms in total. The molecule has 2 N–H and O–H groups in total. The van der Waals surface area contributed by atoms with E-state index in [1.165, 1.54) is 0 Å². The summed E-state index contributed by atoms with van der Waals surface area (Å²) in [6, 6.07) is 27.0. The van der Waals surface area contributed by atoms with E-state index in [-0.39, 0.29) is 24.9 Å². The van der Waals surface area contributed by atoms with Crippen molar-refractivity contribution >= 4 is 34.2 Å². The minimum atomic E-state index is -0.961. The zero-order chi connectivity index (χ0) is 31.2. The fourth-order valence-corrected chi connectivity index (χ4v) is 5.23. The molecule has 226 valence electrons. The van der Waals surface area contributed by atoms with Gasteiger partial charge in [0.05, 0.1) is 37.6 Å². The summed E-state index contributed by atoms with van der Waals surface area (Å²) in [5.74, 6) is 0.211. The van der Waals surface area contributed by atoms with Crippen molar-refractivity contribution in [1.82, 2.24) is 15.1 Å². The SMILES string of the molecule is CCCOc1cc(Cl)cc(-c2cc(-c3ccc4cc(OC)ccc4c3)n([C@@H](C)c3ccc(C(=O)NCCC(=O)O)cc3)n2)c1. The lowest BCUT2D eigenvalue weighted by molar-refractivity contribution is -0.136. The fourth-order valence-electron chi connectivity index (χ4n) is 5.01. The Balaban J connectivity index is 1.53. The number of carbonyl (C=O) groups is 2. The highest BCUT2D eigenvalue weighted by Gasteiger charge is 2.19. The maximum Gasteiger partial charge on any atom is 0.305 e. The number of nitrogens with zero attached hydrogens (tertiary/aromatic N) is 2. The van der Waals surface area contributed by atoms with Crippen molar-refractivity contribution in [1.29, 1.82) is 0 Å². The number of nitrogens with one attached hydrogen (secondary N) is 1. The summed E-state index contributed by atoms with van der Waals surface area (Å²) in [7, 11) is 1.66. The van der Waals surface area contributed by atoms with Gasteiger partial charge < -0.3 is 19.9 Å². The Bertz CT molecular complexity index is 1800. The number of fused-ring (bicyclic) bond motifs is 1. The predicted molar refractivity (Wildman–Crippen MR) is 173 cm³/mol. The first-order valence-electron chi connectivity index (χ1n) is 14.5. The number of rotatable bonds is 12. The van der Waals surface area contributed by atoms with Crippen LogP contribution in [0.5, 0.6) is 11.5 Å². The number of halogens is 1. The van der Waals surface area contributed by atoms with Gasteiger partial charge in [-0.25, -0.2) is 0 Å². The number of carboxylic acid groups (broad SMARTS) is 1. The van der Waals surface area contributed by atoms with Gasteiger partial charge in [0.15, 0.2) is 0 Å². The summed E-state index contributed by atoms with van der Waals surface area (Å²) in [5, 5.41) is 19.2. The van der Waals surface area contributed by atoms with Crippen LogP contribution >= 0.6 is 11.6 Å². The van der Waals surface area contributed by atoms with Crippen LogP contribution in [0.4, 0.5) is 0 Å². The maximum atomic E-state index is 12.5. The third kappa shape index (κ3) is 7.03. The Labute approximate surface area is 261 Å². The van der Waals surface area contributed by atoms with E-state index in [1.54, 1.807) is 25.3 Å². The molecule has 1 amide bonds. The first-order chi connectivity index (χ1) is 21.2. The van der Waals surface area contributed by atoms with E-state index in [4.69, 9.17) is 31.3 Å². The number of aliphatic carboxylic acids is 1. The first kappa shape index (κ1) is 30.6. The van der Waals surface area contributed by atoms with Crippen LogP contribution in [0.3, 0.4) is 0 Å². The molecule has 44 heavy (non-hydrogen) atoms. The third-order valence-corrected chi connectivity index (χ3v) is 7.58. The van der Waals surface area contributed by atoms with Crippen molar-refractivity contribution in [3.8, 4) is 34.0 Å². The van der Waals surface area contributed by atoms with Gasteiger partial charge in [-0.3, -0.25) is 14.3 Å². The van der Waals surface area contributed by atoms with Crippen LogP contribution in [0.1, 0.15) is 48.7 Å². The van der Waals surface area contributed by atoms with E-state index in [9.17, 15) is 9.59 Å². The molecule has 0 aliphatic rings. The Morgan fingerprint density at radius 2 is 1.68 bits per heavy atom. The number of ether oxygens (including phenoxy) is 2. The maximum absolute atomic E-state index is 12.5. The van der Waals surface area contributed by atoms with Gasteiger partial charge in [-0.15, -0.1) is 0 Å². The van der Waals surface area contributed by atoms with Gasteiger partial charge >= 0.3 is 5.97 Å². The van der Waals surface area contributed by atoms with Gasteiger partial charge in [0, 0.05) is 28.3 Å². The van der Waals surface area contributed by atoms with Crippen LogP contribution in [-0.4, -0.2) is 47.0 Å². The molecule has 0 spiro atoms. The molecule has 9 heteroatoms. The smallest absolute Gasteiger partial charge is 0.305 e. The standard InChI is InChI=1S/C35H34ClN3O5/c1-4-15-44-31-19-28(17-29(36)20-31)32-21-33(27-10-9-26-18-30(43-3)12-11-25(26)16-27)39(38-32)22(2)23-5-7-24(8-6-23)35(42)37-14-13-34(40)41/h5-12,16-22H,4,13-15H2,1-3H3,(H,37,42)(H,40,41)/t22-/m0/s1. The molecule has 0 saturated carbocycles. The van der Waals surface area contributed by atoms with Crippen molar-refractivity contribution in [2.75, 3.05) is 20.3 Å². The van der Waals surface area contributed by atoms with Gasteiger partial charge in [-0.2, -0.15) is 5.10 Å². The molecule has 0 radical (unpaired) electrons. The zero-order valence-corrected chi connectivity index (χ0v) is 25.6. The number of aromatic nitrogens is 2. The van der Waals surface area contributed by atoms with Crippen LogP contribution in [0.2, 0.25) is 5.02 Å². The molecule has 4 aromatic carbocycles. The summed E-state index contributed by atoms with van der Waals surface area (Å²) in [6.45, 7) is 4.77. The molecule has 0 aliphatic heterocycles. The zero-order valence-electron chi connectivity index (χ0n) is 24.8. The molecule has 5 rings (SSSR count). The van der Waals surface area contributed by atoms with Crippen molar-refractivity contribution in [2.24, 2.45) is 0 Å². The Kier molecular flexibility index (Phi) is 9.50. The van der Waals surface area contributed by atoms with Gasteiger partial charge in [0.25, 0.3) is 5.91 Å². The summed E-state index contributed by atoms with van der Waals surface area (Å²) < 4.78 is 13.3. The third-order valence-electron chi connectivity index (χ3n) is 7.37. The first-order valence-corrected chi connectivity index (χ1v) is 14.8. The number of hydrogen-bond donors (Lipinski definition) is 2. The highest BCUT2D eigenvalue weighted by molar-refractivity contribution is 6.31. The highest BCUT2D eigenvalue weighted by atomic mass is 35.5. The molecule has 0 bridgehead atoms. The Morgan fingerprint density at radius 3 is 2.41 bits per heavy atom. The summed E-state index contributed by atoms with van der Waals surface area (Å²) in [6.07, 6.45) is 0.751. The van der Waals surface area contributed by atoms with Crippen LogP contribution < -0.4 is 14.8 Å². The molecule has 5 aromatic rings. The van der Waals surface area contributed by atoms with Gasteiger partial charge in [-0.05, 0) is 84.3 Å². The molecular weight excluding hydrogens is 578 g/mol. The Hall–Kier alpha value is -4.82. The van der Waals surface area contributed by atoms with Crippen LogP contribution in [0, 0.1) is 0 Å². The Morgan fingerprint density at radius 1 is 0.932 bits per heavy atom.